The normalized spacial score (nSPS) is 18.0. The van der Waals surface area contributed by atoms with Gasteiger partial charge < -0.3 is 25.0 Å². The fourth-order valence-electron chi connectivity index (χ4n) is 3.26. The minimum atomic E-state index is 0. The zero-order chi connectivity index (χ0) is 19.6. The fraction of sp³-hybridized carbons (Fsp3) is 0.952. The molecule has 1 heterocycles. The van der Waals surface area contributed by atoms with Gasteiger partial charge in [-0.25, -0.2) is 0 Å². The molecule has 0 spiro atoms. The molecule has 0 aromatic carbocycles. The molecule has 1 unspecified atom stereocenters. The molecule has 0 aromatic heterocycles. The summed E-state index contributed by atoms with van der Waals surface area (Å²) in [5.74, 6) is 0.895. The highest BCUT2D eigenvalue weighted by Gasteiger charge is 2.16. The largest absolute Gasteiger partial charge is 0.379 e. The predicted octanol–water partition coefficient (Wildman–Crippen LogP) is 3.65. The molecule has 168 valence electrons. The van der Waals surface area contributed by atoms with Gasteiger partial charge in [0.15, 0.2) is 5.96 Å². The van der Waals surface area contributed by atoms with Crippen molar-refractivity contribution >= 4 is 29.9 Å². The van der Waals surface area contributed by atoms with Crippen molar-refractivity contribution in [1.29, 1.82) is 0 Å². The first-order valence-corrected chi connectivity index (χ1v) is 11.2. The quantitative estimate of drug-likeness (QED) is 0.152. The van der Waals surface area contributed by atoms with Gasteiger partial charge in [0.2, 0.25) is 0 Å². The Balaban J connectivity index is 0.00000729. The Morgan fingerprint density at radius 2 is 1.79 bits per heavy atom. The minimum absolute atomic E-state index is 0. The molecule has 0 radical (unpaired) electrons. The van der Waals surface area contributed by atoms with Gasteiger partial charge in [-0.2, -0.15) is 0 Å². The van der Waals surface area contributed by atoms with Gasteiger partial charge in [0.1, 0.15) is 0 Å². The van der Waals surface area contributed by atoms with E-state index in [0.29, 0.717) is 19.8 Å². The van der Waals surface area contributed by atoms with E-state index in [9.17, 15) is 0 Å². The van der Waals surface area contributed by atoms with Gasteiger partial charge in [-0.1, -0.05) is 19.8 Å². The Bertz CT molecular complexity index is 372. The number of rotatable bonds is 15. The zero-order valence-electron chi connectivity index (χ0n) is 18.5. The molecule has 1 fully saturated rings. The van der Waals surface area contributed by atoms with Gasteiger partial charge in [-0.05, 0) is 59.0 Å². The number of halogens is 1. The van der Waals surface area contributed by atoms with Crippen molar-refractivity contribution in [1.82, 2.24) is 15.5 Å². The second-order valence-electron chi connectivity index (χ2n) is 7.35. The summed E-state index contributed by atoms with van der Waals surface area (Å²) in [4.78, 5) is 7.32. The first-order valence-electron chi connectivity index (χ1n) is 11.2. The third-order valence-electron chi connectivity index (χ3n) is 4.96. The van der Waals surface area contributed by atoms with Crippen molar-refractivity contribution in [3.05, 3.63) is 0 Å². The van der Waals surface area contributed by atoms with Crippen LogP contribution < -0.4 is 10.6 Å². The average Bonchev–Trinajstić information content (AvgIpc) is 2.67. The first kappa shape index (κ1) is 27.9. The second-order valence-corrected chi connectivity index (χ2v) is 7.35. The van der Waals surface area contributed by atoms with Crippen LogP contribution in [0.3, 0.4) is 0 Å². The maximum atomic E-state index is 5.59. The Kier molecular flexibility index (Phi) is 20.1. The molecule has 0 aliphatic carbocycles. The van der Waals surface area contributed by atoms with E-state index in [-0.39, 0.29) is 24.0 Å². The van der Waals surface area contributed by atoms with E-state index >= 15 is 0 Å². The van der Waals surface area contributed by atoms with E-state index in [2.05, 4.69) is 41.3 Å². The van der Waals surface area contributed by atoms with E-state index in [1.54, 1.807) is 0 Å². The summed E-state index contributed by atoms with van der Waals surface area (Å²) in [5.41, 5.74) is 0. The second kappa shape index (κ2) is 20.2. The number of aliphatic imine (C=N–C) groups is 1. The zero-order valence-corrected chi connectivity index (χ0v) is 20.8. The lowest BCUT2D eigenvalue weighted by Gasteiger charge is -2.33. The third kappa shape index (κ3) is 14.8. The van der Waals surface area contributed by atoms with Crippen LogP contribution in [0.1, 0.15) is 65.7 Å². The highest BCUT2D eigenvalue weighted by Crippen LogP contribution is 2.16. The SMILES string of the molecule is CCCCOCCOCCNC(=NCCCCN1CCCCC1C)NCC.I. The summed E-state index contributed by atoms with van der Waals surface area (Å²) < 4.78 is 11.1. The molecule has 6 nitrogen and oxygen atoms in total. The van der Waals surface area contributed by atoms with Crippen molar-refractivity contribution in [2.75, 3.05) is 59.2 Å². The summed E-state index contributed by atoms with van der Waals surface area (Å²) >= 11 is 0. The molecule has 0 amide bonds. The van der Waals surface area contributed by atoms with Crippen molar-refractivity contribution in [3.8, 4) is 0 Å². The van der Waals surface area contributed by atoms with Gasteiger partial charge in [0, 0.05) is 32.3 Å². The molecule has 0 saturated carbocycles. The average molecular weight is 513 g/mol. The summed E-state index contributed by atoms with van der Waals surface area (Å²) in [7, 11) is 0. The van der Waals surface area contributed by atoms with E-state index < -0.39 is 0 Å². The first-order chi connectivity index (χ1) is 13.3. The number of likely N-dealkylation sites (tertiary alicyclic amines) is 1. The number of ether oxygens (including phenoxy) is 2. The fourth-order valence-corrected chi connectivity index (χ4v) is 3.26. The standard InChI is InChI=1S/C21H44N4O2.HI/c1-4-6-16-26-18-19-27-17-13-24-21(22-5-2)23-12-8-10-15-25-14-9-7-11-20(25)3;/h20H,4-19H2,1-3H3,(H2,22,23,24);1H. The van der Waals surface area contributed by atoms with Crippen LogP contribution in [0.25, 0.3) is 0 Å². The van der Waals surface area contributed by atoms with E-state index in [4.69, 9.17) is 9.47 Å². The summed E-state index contributed by atoms with van der Waals surface area (Å²) in [6.07, 6.45) is 8.80. The van der Waals surface area contributed by atoms with Gasteiger partial charge in [-0.3, -0.25) is 4.99 Å². The van der Waals surface area contributed by atoms with Gasteiger partial charge in [-0.15, -0.1) is 24.0 Å². The van der Waals surface area contributed by atoms with E-state index in [1.807, 2.05) is 0 Å². The molecule has 2 N–H and O–H groups in total. The summed E-state index contributed by atoms with van der Waals surface area (Å²) in [5, 5.41) is 6.65. The van der Waals surface area contributed by atoms with Crippen molar-refractivity contribution < 1.29 is 9.47 Å². The smallest absolute Gasteiger partial charge is 0.191 e. The van der Waals surface area contributed by atoms with E-state index in [1.165, 1.54) is 45.2 Å². The van der Waals surface area contributed by atoms with Crippen LogP contribution in [0, 0.1) is 0 Å². The lowest BCUT2D eigenvalue weighted by Crippen LogP contribution is -2.39. The molecule has 7 heteroatoms. The number of unbranched alkanes of at least 4 members (excludes halogenated alkanes) is 2. The van der Waals surface area contributed by atoms with Gasteiger partial charge in [0.25, 0.3) is 0 Å². The lowest BCUT2D eigenvalue weighted by atomic mass is 10.0. The Morgan fingerprint density at radius 1 is 1.00 bits per heavy atom. The molecule has 1 aliphatic rings. The third-order valence-corrected chi connectivity index (χ3v) is 4.96. The Hall–Kier alpha value is -0.120. The molecule has 28 heavy (non-hydrogen) atoms. The van der Waals surface area contributed by atoms with Gasteiger partial charge >= 0.3 is 0 Å². The van der Waals surface area contributed by atoms with Crippen molar-refractivity contribution in [2.24, 2.45) is 4.99 Å². The monoisotopic (exact) mass is 512 g/mol. The molecule has 1 atom stereocenters. The number of hydrogen-bond donors (Lipinski definition) is 2. The van der Waals surface area contributed by atoms with Gasteiger partial charge in [0.05, 0.1) is 19.8 Å². The number of nitrogens with zero attached hydrogens (tertiary/aromatic N) is 2. The molecule has 0 bridgehead atoms. The van der Waals surface area contributed by atoms with Crippen molar-refractivity contribution in [3.63, 3.8) is 0 Å². The summed E-state index contributed by atoms with van der Waals surface area (Å²) in [6.45, 7) is 14.5. The Morgan fingerprint density at radius 3 is 2.50 bits per heavy atom. The van der Waals surface area contributed by atoms with E-state index in [0.717, 1.165) is 51.1 Å². The molecular weight excluding hydrogens is 467 g/mol. The number of guanidine groups is 1. The topological polar surface area (TPSA) is 58.1 Å². The maximum absolute atomic E-state index is 5.59. The lowest BCUT2D eigenvalue weighted by molar-refractivity contribution is 0.0487. The van der Waals surface area contributed by atoms with Crippen molar-refractivity contribution in [2.45, 2.75) is 71.8 Å². The molecule has 1 aliphatic heterocycles. The minimum Gasteiger partial charge on any atom is -0.379 e. The van der Waals surface area contributed by atoms with Crippen LogP contribution in [0.15, 0.2) is 4.99 Å². The Labute approximate surface area is 190 Å². The highest BCUT2D eigenvalue weighted by atomic mass is 127. The maximum Gasteiger partial charge on any atom is 0.191 e. The van der Waals surface area contributed by atoms with Crippen LogP contribution in [0.5, 0.6) is 0 Å². The van der Waals surface area contributed by atoms with Crippen LogP contribution in [0.4, 0.5) is 0 Å². The molecule has 1 saturated heterocycles. The van der Waals surface area contributed by atoms with Crippen LogP contribution in [-0.4, -0.2) is 76.1 Å². The predicted molar refractivity (Wildman–Crippen MR) is 130 cm³/mol. The number of piperidine rings is 1. The van der Waals surface area contributed by atoms with Crippen LogP contribution in [0.2, 0.25) is 0 Å². The van der Waals surface area contributed by atoms with Crippen LogP contribution >= 0.6 is 24.0 Å². The van der Waals surface area contributed by atoms with Crippen LogP contribution in [-0.2, 0) is 9.47 Å². The molecule has 0 aromatic rings. The molecule has 1 rings (SSSR count). The summed E-state index contributed by atoms with van der Waals surface area (Å²) in [6, 6.07) is 0.762. The highest BCUT2D eigenvalue weighted by molar-refractivity contribution is 14.0. The molecular formula is C21H45IN4O2. The number of nitrogens with one attached hydrogen (secondary N) is 2. The number of hydrogen-bond acceptors (Lipinski definition) is 4.